The molecular weight excluding hydrogens is 410 g/mol. The van der Waals surface area contributed by atoms with Crippen molar-refractivity contribution in [2.24, 2.45) is 0 Å². The van der Waals surface area contributed by atoms with Crippen LogP contribution in [0.3, 0.4) is 0 Å². The third kappa shape index (κ3) is 6.34. The number of esters is 1. The number of aromatic amines is 1. The number of carbonyl (C=O) groups is 3. The SMILES string of the molecule is COc1cccc(NC(=O)CN(C)C(=O)COC(=O)CCCc2c[nH]c3ccccc23)c1. The lowest BCUT2D eigenvalue weighted by Crippen LogP contribution is -2.37. The minimum atomic E-state index is -0.448. The lowest BCUT2D eigenvalue weighted by atomic mass is 10.1. The number of nitrogens with zero attached hydrogens (tertiary/aromatic N) is 1. The Kier molecular flexibility index (Phi) is 7.85. The normalized spacial score (nSPS) is 10.6. The molecule has 2 N–H and O–H groups in total. The van der Waals surface area contributed by atoms with Gasteiger partial charge in [0.25, 0.3) is 5.91 Å². The first kappa shape index (κ1) is 22.9. The number of aryl methyl sites for hydroxylation is 1. The smallest absolute Gasteiger partial charge is 0.306 e. The van der Waals surface area contributed by atoms with Crippen LogP contribution in [0.1, 0.15) is 18.4 Å². The molecule has 0 spiro atoms. The van der Waals surface area contributed by atoms with Crippen molar-refractivity contribution in [3.8, 4) is 5.75 Å². The number of methoxy groups -OCH3 is 1. The summed E-state index contributed by atoms with van der Waals surface area (Å²) in [6.45, 7) is -0.553. The van der Waals surface area contributed by atoms with Crippen molar-refractivity contribution in [1.82, 2.24) is 9.88 Å². The van der Waals surface area contributed by atoms with Crippen LogP contribution in [0.4, 0.5) is 5.69 Å². The summed E-state index contributed by atoms with van der Waals surface area (Å²) < 4.78 is 10.2. The van der Waals surface area contributed by atoms with E-state index in [1.54, 1.807) is 24.3 Å². The van der Waals surface area contributed by atoms with Gasteiger partial charge in [-0.25, -0.2) is 0 Å². The van der Waals surface area contributed by atoms with Gasteiger partial charge in [0.1, 0.15) is 5.75 Å². The highest BCUT2D eigenvalue weighted by Crippen LogP contribution is 2.19. The number of amides is 2. The molecule has 32 heavy (non-hydrogen) atoms. The van der Waals surface area contributed by atoms with E-state index in [1.807, 2.05) is 30.5 Å². The van der Waals surface area contributed by atoms with Gasteiger partial charge in [-0.15, -0.1) is 0 Å². The van der Waals surface area contributed by atoms with E-state index in [9.17, 15) is 14.4 Å². The van der Waals surface area contributed by atoms with Crippen LogP contribution in [0, 0.1) is 0 Å². The second-order valence-corrected chi connectivity index (χ2v) is 7.40. The molecule has 0 saturated heterocycles. The van der Waals surface area contributed by atoms with E-state index < -0.39 is 18.5 Å². The first-order chi connectivity index (χ1) is 15.5. The van der Waals surface area contributed by atoms with Crippen molar-refractivity contribution in [3.63, 3.8) is 0 Å². The van der Waals surface area contributed by atoms with Gasteiger partial charge in [0, 0.05) is 42.3 Å². The summed E-state index contributed by atoms with van der Waals surface area (Å²) in [6.07, 6.45) is 3.52. The molecule has 168 valence electrons. The van der Waals surface area contributed by atoms with Crippen LogP contribution >= 0.6 is 0 Å². The highest BCUT2D eigenvalue weighted by Gasteiger charge is 2.15. The Hall–Kier alpha value is -3.81. The van der Waals surface area contributed by atoms with Crippen molar-refractivity contribution in [3.05, 3.63) is 60.3 Å². The Bertz CT molecular complexity index is 1090. The standard InChI is InChI=1S/C24H27N3O5/c1-27(15-22(28)26-18-8-6-9-19(13-18)31-2)23(29)16-32-24(30)12-5-7-17-14-25-21-11-4-3-10-20(17)21/h3-4,6,8-11,13-14,25H,5,7,12,15-16H2,1-2H3,(H,26,28). The lowest BCUT2D eigenvalue weighted by Gasteiger charge is -2.17. The molecule has 3 rings (SSSR count). The molecule has 0 radical (unpaired) electrons. The van der Waals surface area contributed by atoms with Crippen molar-refractivity contribution in [2.45, 2.75) is 19.3 Å². The van der Waals surface area contributed by atoms with Gasteiger partial charge < -0.3 is 24.7 Å². The quantitative estimate of drug-likeness (QED) is 0.475. The number of para-hydroxylation sites is 1. The molecule has 0 fully saturated rings. The van der Waals surface area contributed by atoms with E-state index in [4.69, 9.17) is 9.47 Å². The second kappa shape index (κ2) is 11.0. The number of hydrogen-bond acceptors (Lipinski definition) is 5. The van der Waals surface area contributed by atoms with E-state index in [0.29, 0.717) is 17.9 Å². The average Bonchev–Trinajstić information content (AvgIpc) is 3.20. The Morgan fingerprint density at radius 3 is 2.72 bits per heavy atom. The molecule has 0 atom stereocenters. The number of H-pyrrole nitrogens is 1. The highest BCUT2D eigenvalue weighted by atomic mass is 16.5. The lowest BCUT2D eigenvalue weighted by molar-refractivity contribution is -0.151. The summed E-state index contributed by atoms with van der Waals surface area (Å²) in [5.74, 6) is -0.633. The summed E-state index contributed by atoms with van der Waals surface area (Å²) in [6, 6.07) is 14.9. The second-order valence-electron chi connectivity index (χ2n) is 7.40. The topological polar surface area (TPSA) is 101 Å². The fourth-order valence-electron chi connectivity index (χ4n) is 3.29. The molecular formula is C24H27N3O5. The van der Waals surface area contributed by atoms with E-state index in [0.717, 1.165) is 22.9 Å². The molecule has 2 amide bonds. The van der Waals surface area contributed by atoms with Gasteiger partial charge in [-0.05, 0) is 36.6 Å². The minimum absolute atomic E-state index is 0.159. The number of hydrogen-bond donors (Lipinski definition) is 2. The molecule has 0 aliphatic carbocycles. The Balaban J connectivity index is 1.36. The van der Waals surface area contributed by atoms with Crippen molar-refractivity contribution in [2.75, 3.05) is 32.6 Å². The number of nitrogens with one attached hydrogen (secondary N) is 2. The Labute approximate surface area is 186 Å². The summed E-state index contributed by atoms with van der Waals surface area (Å²) >= 11 is 0. The molecule has 8 heteroatoms. The molecule has 1 heterocycles. The zero-order valence-electron chi connectivity index (χ0n) is 18.2. The zero-order valence-corrected chi connectivity index (χ0v) is 18.2. The molecule has 2 aromatic carbocycles. The maximum atomic E-state index is 12.2. The van der Waals surface area contributed by atoms with Gasteiger partial charge in [0.05, 0.1) is 13.7 Å². The Morgan fingerprint density at radius 2 is 1.91 bits per heavy atom. The van der Waals surface area contributed by atoms with E-state index in [-0.39, 0.29) is 18.9 Å². The fourth-order valence-corrected chi connectivity index (χ4v) is 3.29. The first-order valence-corrected chi connectivity index (χ1v) is 10.3. The maximum Gasteiger partial charge on any atom is 0.306 e. The highest BCUT2D eigenvalue weighted by molar-refractivity contribution is 5.95. The van der Waals surface area contributed by atoms with Crippen LogP contribution in [-0.4, -0.2) is 55.0 Å². The largest absolute Gasteiger partial charge is 0.497 e. The van der Waals surface area contributed by atoms with Gasteiger partial charge in [-0.1, -0.05) is 24.3 Å². The van der Waals surface area contributed by atoms with E-state index in [2.05, 4.69) is 10.3 Å². The number of aromatic nitrogens is 1. The number of likely N-dealkylation sites (N-methyl/N-ethyl adjacent to an activating group) is 1. The molecule has 8 nitrogen and oxygen atoms in total. The van der Waals surface area contributed by atoms with Crippen molar-refractivity contribution < 1.29 is 23.9 Å². The van der Waals surface area contributed by atoms with Crippen LogP contribution < -0.4 is 10.1 Å². The monoisotopic (exact) mass is 437 g/mol. The third-order valence-electron chi connectivity index (χ3n) is 5.02. The van der Waals surface area contributed by atoms with Crippen molar-refractivity contribution in [1.29, 1.82) is 0 Å². The van der Waals surface area contributed by atoms with Crippen LogP contribution in [0.2, 0.25) is 0 Å². The van der Waals surface area contributed by atoms with Gasteiger partial charge in [0.15, 0.2) is 6.61 Å². The summed E-state index contributed by atoms with van der Waals surface area (Å²) in [4.78, 5) is 40.8. The number of benzene rings is 2. The van der Waals surface area contributed by atoms with E-state index in [1.165, 1.54) is 19.1 Å². The summed E-state index contributed by atoms with van der Waals surface area (Å²) in [5, 5.41) is 3.84. The van der Waals surface area contributed by atoms with Gasteiger partial charge >= 0.3 is 5.97 Å². The number of carbonyl (C=O) groups excluding carboxylic acids is 3. The Morgan fingerprint density at radius 1 is 1.09 bits per heavy atom. The molecule has 3 aromatic rings. The molecule has 0 bridgehead atoms. The van der Waals surface area contributed by atoms with Crippen molar-refractivity contribution >= 4 is 34.4 Å². The number of anilines is 1. The molecule has 0 aliphatic rings. The predicted molar refractivity (Wildman–Crippen MR) is 121 cm³/mol. The molecule has 1 aromatic heterocycles. The molecule has 0 saturated carbocycles. The van der Waals surface area contributed by atoms with Gasteiger partial charge in [-0.2, -0.15) is 0 Å². The van der Waals surface area contributed by atoms with Crippen LogP contribution in [0.25, 0.3) is 10.9 Å². The number of fused-ring (bicyclic) bond motifs is 1. The van der Waals surface area contributed by atoms with Crippen LogP contribution in [-0.2, 0) is 25.5 Å². The first-order valence-electron chi connectivity index (χ1n) is 10.3. The zero-order chi connectivity index (χ0) is 22.9. The van der Waals surface area contributed by atoms with Crippen LogP contribution in [0.5, 0.6) is 5.75 Å². The minimum Gasteiger partial charge on any atom is -0.497 e. The molecule has 0 aliphatic heterocycles. The van der Waals surface area contributed by atoms with Crippen LogP contribution in [0.15, 0.2) is 54.7 Å². The third-order valence-corrected chi connectivity index (χ3v) is 5.02. The summed E-state index contributed by atoms with van der Waals surface area (Å²) in [7, 11) is 3.02. The summed E-state index contributed by atoms with van der Waals surface area (Å²) in [5.41, 5.74) is 2.78. The van der Waals surface area contributed by atoms with Gasteiger partial charge in [0.2, 0.25) is 5.91 Å². The number of ether oxygens (including phenoxy) is 2. The fraction of sp³-hybridized carbons (Fsp3) is 0.292. The maximum absolute atomic E-state index is 12.2. The molecule has 0 unspecified atom stereocenters. The predicted octanol–water partition coefficient (Wildman–Crippen LogP) is 3.14. The number of rotatable bonds is 10. The average molecular weight is 437 g/mol. The van der Waals surface area contributed by atoms with Gasteiger partial charge in [-0.3, -0.25) is 14.4 Å². The van der Waals surface area contributed by atoms with E-state index >= 15 is 0 Å².